The minimum absolute atomic E-state index is 0.0841. The lowest BCUT2D eigenvalue weighted by molar-refractivity contribution is 0.102. The smallest absolute Gasteiger partial charge is 0.257 e. The quantitative estimate of drug-likeness (QED) is 0.891. The third-order valence-corrected chi connectivity index (χ3v) is 6.54. The van der Waals surface area contributed by atoms with Crippen LogP contribution >= 0.6 is 0 Å². The molecular weight excluding hydrogens is 350 g/mol. The van der Waals surface area contributed by atoms with Crippen molar-refractivity contribution in [1.29, 1.82) is 0 Å². The molecule has 3 rings (SSSR count). The van der Waals surface area contributed by atoms with E-state index in [0.29, 0.717) is 12.0 Å². The minimum atomic E-state index is -2.97. The maximum Gasteiger partial charge on any atom is 0.257 e. The first-order chi connectivity index (χ1) is 12.2. The Morgan fingerprint density at radius 3 is 2.69 bits per heavy atom. The highest BCUT2D eigenvalue weighted by molar-refractivity contribution is 7.91. The van der Waals surface area contributed by atoms with Gasteiger partial charge in [0, 0.05) is 25.0 Å². The highest BCUT2D eigenvalue weighted by atomic mass is 32.2. The molecule has 138 valence electrons. The fraction of sp³-hybridized carbons (Fsp3) is 0.368. The number of aryl methyl sites for hydroxylation is 2. The summed E-state index contributed by atoms with van der Waals surface area (Å²) in [4.78, 5) is 18.7. The largest absolute Gasteiger partial charge is 0.369 e. The van der Waals surface area contributed by atoms with Gasteiger partial charge >= 0.3 is 0 Å². The van der Waals surface area contributed by atoms with Crippen LogP contribution in [0, 0.1) is 13.8 Å². The summed E-state index contributed by atoms with van der Waals surface area (Å²) in [6, 6.07) is 7.56. The molecule has 1 fully saturated rings. The van der Waals surface area contributed by atoms with Crippen LogP contribution < -0.4 is 10.2 Å². The Labute approximate surface area is 154 Å². The number of pyridine rings is 1. The Morgan fingerprint density at radius 2 is 2.00 bits per heavy atom. The van der Waals surface area contributed by atoms with E-state index in [0.717, 1.165) is 22.5 Å². The third-order valence-electron chi connectivity index (χ3n) is 4.79. The zero-order chi connectivity index (χ0) is 18.9. The van der Waals surface area contributed by atoms with Crippen LogP contribution in [0.15, 0.2) is 36.7 Å². The molecule has 1 unspecified atom stereocenters. The molecule has 2 heterocycles. The maximum atomic E-state index is 12.6. The van der Waals surface area contributed by atoms with Gasteiger partial charge in [-0.3, -0.25) is 9.78 Å². The van der Waals surface area contributed by atoms with Crippen molar-refractivity contribution in [2.45, 2.75) is 26.3 Å². The summed E-state index contributed by atoms with van der Waals surface area (Å²) in [6.45, 7) is 3.92. The van der Waals surface area contributed by atoms with Gasteiger partial charge in [-0.25, -0.2) is 8.42 Å². The number of nitrogens with one attached hydrogen (secondary N) is 1. The molecule has 2 aromatic rings. The van der Waals surface area contributed by atoms with Crippen molar-refractivity contribution in [1.82, 2.24) is 4.98 Å². The number of nitrogens with zero attached hydrogens (tertiary/aromatic N) is 2. The van der Waals surface area contributed by atoms with Crippen LogP contribution in [0.2, 0.25) is 0 Å². The summed E-state index contributed by atoms with van der Waals surface area (Å²) < 4.78 is 23.4. The van der Waals surface area contributed by atoms with Gasteiger partial charge in [-0.1, -0.05) is 12.1 Å². The summed E-state index contributed by atoms with van der Waals surface area (Å²) in [7, 11) is -1.12. The van der Waals surface area contributed by atoms with Crippen molar-refractivity contribution in [3.63, 3.8) is 0 Å². The fourth-order valence-corrected chi connectivity index (χ4v) is 4.88. The van der Waals surface area contributed by atoms with Gasteiger partial charge in [0.15, 0.2) is 9.84 Å². The van der Waals surface area contributed by atoms with E-state index in [4.69, 9.17) is 0 Å². The molecule has 0 spiro atoms. The molecule has 0 radical (unpaired) electrons. The Hall–Kier alpha value is -2.41. The molecule has 0 saturated carbocycles. The van der Waals surface area contributed by atoms with Crippen molar-refractivity contribution < 1.29 is 13.2 Å². The number of sulfone groups is 1. The van der Waals surface area contributed by atoms with Gasteiger partial charge in [-0.05, 0) is 43.5 Å². The van der Waals surface area contributed by atoms with Crippen LogP contribution in [0.5, 0.6) is 0 Å². The Kier molecular flexibility index (Phi) is 5.00. The van der Waals surface area contributed by atoms with Gasteiger partial charge in [0.1, 0.15) is 0 Å². The minimum Gasteiger partial charge on any atom is -0.369 e. The van der Waals surface area contributed by atoms with E-state index < -0.39 is 9.84 Å². The number of hydrogen-bond acceptors (Lipinski definition) is 5. The SMILES string of the molecule is Cc1ccc(C)c(NC(=O)c2cncc(N(C)C3CCS(=O)(=O)C3)c2)c1. The molecule has 0 bridgehead atoms. The molecule has 26 heavy (non-hydrogen) atoms. The number of rotatable bonds is 4. The molecule has 1 atom stereocenters. The molecule has 1 N–H and O–H groups in total. The predicted octanol–water partition coefficient (Wildman–Crippen LogP) is 2.57. The van der Waals surface area contributed by atoms with Gasteiger partial charge < -0.3 is 10.2 Å². The Balaban J connectivity index is 1.78. The van der Waals surface area contributed by atoms with Gasteiger partial charge in [0.2, 0.25) is 0 Å². The van der Waals surface area contributed by atoms with E-state index in [1.165, 1.54) is 6.20 Å². The zero-order valence-electron chi connectivity index (χ0n) is 15.2. The van der Waals surface area contributed by atoms with Gasteiger partial charge in [-0.2, -0.15) is 0 Å². The van der Waals surface area contributed by atoms with Gasteiger partial charge in [0.25, 0.3) is 5.91 Å². The lowest BCUT2D eigenvalue weighted by Crippen LogP contribution is -2.32. The number of amides is 1. The van der Waals surface area contributed by atoms with Gasteiger partial charge in [0.05, 0.1) is 29.0 Å². The standard InChI is InChI=1S/C19H23N3O3S/c1-13-4-5-14(2)18(8-13)21-19(23)15-9-17(11-20-10-15)22(3)16-6-7-26(24,25)12-16/h4-5,8-11,16H,6-7,12H2,1-3H3,(H,21,23). The molecule has 1 aliphatic rings. The number of carbonyl (C=O) groups excluding carboxylic acids is 1. The topological polar surface area (TPSA) is 79.4 Å². The van der Waals surface area contributed by atoms with Crippen molar-refractivity contribution in [3.05, 3.63) is 53.3 Å². The van der Waals surface area contributed by atoms with Gasteiger partial charge in [-0.15, -0.1) is 0 Å². The summed E-state index contributed by atoms with van der Waals surface area (Å²) >= 11 is 0. The lowest BCUT2D eigenvalue weighted by atomic mass is 10.1. The molecule has 1 saturated heterocycles. The normalized spacial score (nSPS) is 18.5. The van der Waals surface area contributed by atoms with Crippen LogP contribution in [0.1, 0.15) is 27.9 Å². The van der Waals surface area contributed by atoms with Crippen molar-refractivity contribution in [3.8, 4) is 0 Å². The Bertz CT molecular complexity index is 941. The van der Waals surface area contributed by atoms with E-state index in [-0.39, 0.29) is 23.5 Å². The first-order valence-corrected chi connectivity index (χ1v) is 10.3. The maximum absolute atomic E-state index is 12.6. The average molecular weight is 373 g/mol. The van der Waals surface area contributed by atoms with Crippen LogP contribution in [-0.4, -0.2) is 43.9 Å². The van der Waals surface area contributed by atoms with Crippen LogP contribution in [-0.2, 0) is 9.84 Å². The summed E-state index contributed by atoms with van der Waals surface area (Å²) in [6.07, 6.45) is 3.76. The van der Waals surface area contributed by atoms with E-state index in [1.54, 1.807) is 12.3 Å². The number of hydrogen-bond donors (Lipinski definition) is 1. The number of aromatic nitrogens is 1. The second-order valence-electron chi connectivity index (χ2n) is 6.87. The van der Waals surface area contributed by atoms with Crippen LogP contribution in [0.3, 0.4) is 0 Å². The second kappa shape index (κ2) is 7.07. The molecule has 0 aliphatic carbocycles. The summed E-state index contributed by atoms with van der Waals surface area (Å²) in [5.74, 6) is 0.116. The Morgan fingerprint density at radius 1 is 1.23 bits per heavy atom. The molecule has 1 aliphatic heterocycles. The van der Waals surface area contributed by atoms with E-state index in [1.807, 2.05) is 44.0 Å². The lowest BCUT2D eigenvalue weighted by Gasteiger charge is -2.25. The molecule has 1 aromatic heterocycles. The molecule has 1 aromatic carbocycles. The highest BCUT2D eigenvalue weighted by Gasteiger charge is 2.31. The monoisotopic (exact) mass is 373 g/mol. The second-order valence-corrected chi connectivity index (χ2v) is 9.10. The molecule has 6 nitrogen and oxygen atoms in total. The first kappa shape index (κ1) is 18.4. The third kappa shape index (κ3) is 4.04. The summed E-state index contributed by atoms with van der Waals surface area (Å²) in [5, 5.41) is 2.92. The number of carbonyl (C=O) groups is 1. The van der Waals surface area contributed by atoms with E-state index >= 15 is 0 Å². The zero-order valence-corrected chi connectivity index (χ0v) is 16.0. The fourth-order valence-electron chi connectivity index (χ4n) is 3.10. The van der Waals surface area contributed by atoms with Crippen LogP contribution in [0.25, 0.3) is 0 Å². The molecule has 1 amide bonds. The number of benzene rings is 1. The number of anilines is 2. The first-order valence-electron chi connectivity index (χ1n) is 8.52. The van der Waals surface area contributed by atoms with E-state index in [9.17, 15) is 13.2 Å². The predicted molar refractivity (Wildman–Crippen MR) is 104 cm³/mol. The average Bonchev–Trinajstić information content (AvgIpc) is 2.97. The van der Waals surface area contributed by atoms with Crippen molar-refractivity contribution >= 4 is 27.1 Å². The van der Waals surface area contributed by atoms with Crippen molar-refractivity contribution in [2.24, 2.45) is 0 Å². The molecular formula is C19H23N3O3S. The van der Waals surface area contributed by atoms with Crippen molar-refractivity contribution in [2.75, 3.05) is 28.8 Å². The highest BCUT2D eigenvalue weighted by Crippen LogP contribution is 2.24. The van der Waals surface area contributed by atoms with E-state index in [2.05, 4.69) is 10.3 Å². The summed E-state index contributed by atoms with van der Waals surface area (Å²) in [5.41, 5.74) is 4.01. The molecule has 7 heteroatoms. The van der Waals surface area contributed by atoms with Crippen LogP contribution in [0.4, 0.5) is 11.4 Å².